The molecule has 0 bridgehead atoms. The minimum Gasteiger partial charge on any atom is -0.373 e. The zero-order valence-electron chi connectivity index (χ0n) is 27.2. The Morgan fingerprint density at radius 1 is 0.537 bits per heavy atom. The lowest BCUT2D eigenvalue weighted by Gasteiger charge is -2.44. The topological polar surface area (TPSA) is 9.86 Å². The molecule has 0 amide bonds. The third kappa shape index (κ3) is 5.88. The van der Waals surface area contributed by atoms with Gasteiger partial charge >= 0.3 is 0 Å². The van der Waals surface area contributed by atoms with Crippen LogP contribution in [0, 0.1) is 15.2 Å². The molecule has 2 aromatic heterocycles. The van der Waals surface area contributed by atoms with Crippen molar-refractivity contribution in [1.82, 2.24) is 8.47 Å². The smallest absolute Gasteiger partial charge is 0.169 e. The van der Waals surface area contributed by atoms with Gasteiger partial charge in [-0.25, -0.2) is 8.78 Å². The molecule has 0 N–H and O–H groups in total. The lowest BCUT2D eigenvalue weighted by atomic mass is 10.2. The summed E-state index contributed by atoms with van der Waals surface area (Å²) in [6, 6.07) is 13.1. The van der Waals surface area contributed by atoms with Crippen LogP contribution in [-0.4, -0.2) is 24.9 Å². The van der Waals surface area contributed by atoms with Gasteiger partial charge in [0.1, 0.15) is 11.6 Å². The van der Waals surface area contributed by atoms with Gasteiger partial charge in [0.25, 0.3) is 0 Å². The molecule has 0 aliphatic rings. The van der Waals surface area contributed by atoms with Crippen molar-refractivity contribution in [1.29, 1.82) is 0 Å². The molecule has 2 nitrogen and oxygen atoms in total. The minimum atomic E-state index is -1.81. The SMILES string of the molecule is CC(C)[Si](C(C)C)(C(C)C)n1ccc2cc(I)c(F)cc21.CC(C)[Si](C(C)C)(C(C)C)n1ccc2ccc(F)cc21. The van der Waals surface area contributed by atoms with Crippen molar-refractivity contribution in [2.45, 2.75) is 116 Å². The van der Waals surface area contributed by atoms with Crippen molar-refractivity contribution in [2.75, 3.05) is 0 Å². The molecule has 2 aromatic carbocycles. The number of fused-ring (bicyclic) bond motifs is 2. The highest BCUT2D eigenvalue weighted by molar-refractivity contribution is 14.1. The fraction of sp³-hybridized carbons (Fsp3) is 0.529. The van der Waals surface area contributed by atoms with Crippen molar-refractivity contribution in [3.63, 3.8) is 0 Å². The standard InChI is InChI=1S/C17H25FINSi.C17H26FNSi/c1-11(2)21(12(3)4,13(5)6)20-8-7-14-9-16(19)15(18)10-17(14)20;1-12(2)20(13(3)4,14(5)6)19-10-9-15-7-8-16(18)11-17(15)19/h7-13H,1-6H3;7-14H,1-6H3. The van der Waals surface area contributed by atoms with E-state index in [1.165, 1.54) is 0 Å². The molecule has 0 aliphatic heterocycles. The lowest BCUT2D eigenvalue weighted by molar-refractivity contribution is 0.621. The summed E-state index contributed by atoms with van der Waals surface area (Å²) in [5.74, 6) is -0.251. The molecule has 0 radical (unpaired) electrons. The van der Waals surface area contributed by atoms with Gasteiger partial charge in [0.15, 0.2) is 16.5 Å². The monoisotopic (exact) mass is 708 g/mol. The molecule has 0 spiro atoms. The van der Waals surface area contributed by atoms with Crippen LogP contribution in [0.1, 0.15) is 83.1 Å². The summed E-state index contributed by atoms with van der Waals surface area (Å²) in [6.07, 6.45) is 4.39. The van der Waals surface area contributed by atoms with Crippen LogP contribution in [-0.2, 0) is 0 Å². The summed E-state index contributed by atoms with van der Waals surface area (Å²) >= 11 is 2.07. The van der Waals surface area contributed by atoms with Crippen LogP contribution < -0.4 is 0 Å². The molecule has 0 fully saturated rings. The predicted octanol–water partition coefficient (Wildman–Crippen LogP) is 12.2. The highest BCUT2D eigenvalue weighted by Crippen LogP contribution is 2.45. The van der Waals surface area contributed by atoms with E-state index in [1.54, 1.807) is 18.2 Å². The van der Waals surface area contributed by atoms with Crippen LogP contribution in [0.2, 0.25) is 33.2 Å². The molecule has 0 atom stereocenters. The van der Waals surface area contributed by atoms with E-state index in [0.717, 1.165) is 21.8 Å². The van der Waals surface area contributed by atoms with Gasteiger partial charge in [0.05, 0.1) is 0 Å². The Morgan fingerprint density at radius 3 is 1.34 bits per heavy atom. The van der Waals surface area contributed by atoms with Crippen molar-refractivity contribution in [2.24, 2.45) is 0 Å². The van der Waals surface area contributed by atoms with Gasteiger partial charge in [-0.1, -0.05) is 83.1 Å². The third-order valence-electron chi connectivity index (χ3n) is 9.77. The molecular formula is C34H51F2IN2Si2. The van der Waals surface area contributed by atoms with Crippen LogP contribution in [0.3, 0.4) is 0 Å². The summed E-state index contributed by atoms with van der Waals surface area (Å²) < 4.78 is 33.4. The molecule has 7 heteroatoms. The number of rotatable bonds is 8. The normalized spacial score (nSPS) is 13.1. The van der Waals surface area contributed by atoms with Gasteiger partial charge in [0.2, 0.25) is 0 Å². The van der Waals surface area contributed by atoms with Crippen LogP contribution in [0.15, 0.2) is 54.9 Å². The Morgan fingerprint density at radius 2 is 0.927 bits per heavy atom. The van der Waals surface area contributed by atoms with Crippen molar-refractivity contribution in [3.05, 3.63) is 70.1 Å². The van der Waals surface area contributed by atoms with Crippen molar-refractivity contribution < 1.29 is 8.78 Å². The first-order valence-corrected chi connectivity index (χ1v) is 20.7. The van der Waals surface area contributed by atoms with E-state index in [2.05, 4.69) is 139 Å². The Balaban J connectivity index is 0.000000226. The number of hydrogen-bond acceptors (Lipinski definition) is 0. The average molecular weight is 709 g/mol. The molecule has 0 aliphatic carbocycles. The summed E-state index contributed by atoms with van der Waals surface area (Å²) in [6.45, 7) is 28.0. The first-order chi connectivity index (χ1) is 19.0. The third-order valence-corrected chi connectivity index (χ3v) is 24.1. The summed E-state index contributed by atoms with van der Waals surface area (Å²) in [7, 11) is -3.60. The minimum absolute atomic E-state index is 0.109. The van der Waals surface area contributed by atoms with E-state index in [0.29, 0.717) is 36.8 Å². The molecule has 226 valence electrons. The van der Waals surface area contributed by atoms with Crippen molar-refractivity contribution >= 4 is 60.9 Å². The Hall–Kier alpha value is -1.46. The van der Waals surface area contributed by atoms with E-state index in [4.69, 9.17) is 0 Å². The lowest BCUT2D eigenvalue weighted by Crippen LogP contribution is -2.51. The summed E-state index contributed by atoms with van der Waals surface area (Å²) in [5, 5.41) is 2.30. The quantitative estimate of drug-likeness (QED) is 0.127. The second-order valence-electron chi connectivity index (χ2n) is 13.6. The summed E-state index contributed by atoms with van der Waals surface area (Å²) in [4.78, 5) is 0. The molecule has 4 rings (SSSR count). The first-order valence-electron chi connectivity index (χ1n) is 15.3. The molecule has 2 heterocycles. The number of benzene rings is 2. The Bertz CT molecular complexity index is 1420. The number of halogens is 3. The Labute approximate surface area is 263 Å². The molecule has 0 saturated heterocycles. The number of nitrogens with zero attached hydrogens (tertiary/aromatic N) is 2. The maximum absolute atomic E-state index is 14.1. The van der Waals surface area contributed by atoms with Gasteiger partial charge in [-0.05, 0) is 116 Å². The van der Waals surface area contributed by atoms with Gasteiger partial charge < -0.3 is 8.47 Å². The van der Waals surface area contributed by atoms with E-state index in [-0.39, 0.29) is 11.6 Å². The van der Waals surface area contributed by atoms with Gasteiger partial charge in [-0.2, -0.15) is 0 Å². The molecular weight excluding hydrogens is 657 g/mol. The summed E-state index contributed by atoms with van der Waals surface area (Å²) in [5.41, 5.74) is 5.79. The van der Waals surface area contributed by atoms with E-state index in [9.17, 15) is 8.78 Å². The van der Waals surface area contributed by atoms with Gasteiger partial charge in [-0.15, -0.1) is 0 Å². The molecule has 4 aromatic rings. The fourth-order valence-corrected chi connectivity index (χ4v) is 22.3. The van der Waals surface area contributed by atoms with Crippen LogP contribution in [0.5, 0.6) is 0 Å². The van der Waals surface area contributed by atoms with Crippen LogP contribution in [0.4, 0.5) is 8.78 Å². The van der Waals surface area contributed by atoms with Crippen molar-refractivity contribution in [3.8, 4) is 0 Å². The zero-order chi connectivity index (χ0) is 31.0. The molecule has 41 heavy (non-hydrogen) atoms. The molecule has 0 unspecified atom stereocenters. The van der Waals surface area contributed by atoms with Crippen LogP contribution in [0.25, 0.3) is 21.8 Å². The van der Waals surface area contributed by atoms with E-state index in [1.807, 2.05) is 12.1 Å². The van der Waals surface area contributed by atoms with Gasteiger partial charge in [-0.3, -0.25) is 0 Å². The molecule has 0 saturated carbocycles. The van der Waals surface area contributed by atoms with E-state index < -0.39 is 16.5 Å². The second-order valence-corrected chi connectivity index (χ2v) is 26.2. The maximum atomic E-state index is 14.1. The number of hydrogen-bond donors (Lipinski definition) is 0. The highest BCUT2D eigenvalue weighted by atomic mass is 127. The Kier molecular flexibility index (Phi) is 10.8. The van der Waals surface area contributed by atoms with E-state index >= 15 is 0 Å². The first kappa shape index (κ1) is 34.0. The number of aromatic nitrogens is 2. The largest absolute Gasteiger partial charge is 0.373 e. The zero-order valence-corrected chi connectivity index (χ0v) is 31.3. The van der Waals surface area contributed by atoms with Crippen LogP contribution >= 0.6 is 22.6 Å². The fourth-order valence-electron chi connectivity index (χ4n) is 8.57. The van der Waals surface area contributed by atoms with Gasteiger partial charge in [0, 0.05) is 20.0 Å². The second kappa shape index (κ2) is 13.0. The predicted molar refractivity (Wildman–Crippen MR) is 189 cm³/mol. The maximum Gasteiger partial charge on any atom is 0.169 e. The highest BCUT2D eigenvalue weighted by Gasteiger charge is 2.46. The average Bonchev–Trinajstić information content (AvgIpc) is 3.44.